The van der Waals surface area contributed by atoms with Crippen molar-refractivity contribution in [1.82, 2.24) is 4.90 Å². The van der Waals surface area contributed by atoms with Crippen molar-refractivity contribution in [2.75, 3.05) is 26.2 Å². The van der Waals surface area contributed by atoms with Crippen molar-refractivity contribution in [3.8, 4) is 0 Å². The van der Waals surface area contributed by atoms with Crippen LogP contribution < -0.4 is 5.73 Å². The van der Waals surface area contributed by atoms with Gasteiger partial charge in [-0.15, -0.1) is 4.58 Å². The second-order valence-electron chi connectivity index (χ2n) is 7.72. The predicted octanol–water partition coefficient (Wildman–Crippen LogP) is 2.86. The molecule has 0 spiro atoms. The van der Waals surface area contributed by atoms with Gasteiger partial charge in [0, 0.05) is 19.5 Å². The summed E-state index contributed by atoms with van der Waals surface area (Å²) in [6.45, 7) is 11.8. The number of aryl methyl sites for hydroxylation is 1. The number of hydrogen-bond donors (Lipinski definition) is 1. The molecule has 0 saturated heterocycles. The van der Waals surface area contributed by atoms with Crippen LogP contribution in [0.15, 0.2) is 18.2 Å². The molecule has 138 valence electrons. The van der Waals surface area contributed by atoms with Gasteiger partial charge in [0.2, 0.25) is 0 Å². The number of ether oxygens (including phenoxy) is 1. The highest BCUT2D eigenvalue weighted by molar-refractivity contribution is 5.83. The van der Waals surface area contributed by atoms with Crippen LogP contribution in [0.25, 0.3) is 0 Å². The number of carbonyl (C=O) groups is 1. The van der Waals surface area contributed by atoms with E-state index < -0.39 is 5.60 Å². The standard InChI is InChI=1S/C19H29FN3O2/c1-13-6-7-15(10-16(13)20)17(21)12-22-8-9-23(14(2)11-22)18(24)25-19(3,4)5/h6-7,10,17H,8-9,11-12,21H2,1-5H3/q+1. The molecule has 25 heavy (non-hydrogen) atoms. The van der Waals surface area contributed by atoms with Crippen LogP contribution in [-0.2, 0) is 4.74 Å². The van der Waals surface area contributed by atoms with Gasteiger partial charge in [0.25, 0.3) is 0 Å². The van der Waals surface area contributed by atoms with Gasteiger partial charge in [-0.05, 0) is 44.9 Å². The molecule has 0 aliphatic carbocycles. The number of amides is 1. The van der Waals surface area contributed by atoms with Crippen LogP contribution in [0.4, 0.5) is 9.18 Å². The average molecular weight is 350 g/mol. The van der Waals surface area contributed by atoms with Crippen molar-refractivity contribution in [3.63, 3.8) is 0 Å². The lowest BCUT2D eigenvalue weighted by molar-refractivity contribution is -0.458. The molecule has 5 nitrogen and oxygen atoms in total. The Labute approximate surface area is 149 Å². The SMILES string of the molecule is CC1=[N+](C(=O)OC(C)(C)C)CCN(CC(N)c2ccc(C)c(F)c2)C1. The molecule has 0 aromatic heterocycles. The molecule has 1 heterocycles. The Morgan fingerprint density at radius 1 is 1.40 bits per heavy atom. The zero-order valence-electron chi connectivity index (χ0n) is 15.8. The van der Waals surface area contributed by atoms with E-state index in [2.05, 4.69) is 4.90 Å². The van der Waals surface area contributed by atoms with Crippen molar-refractivity contribution in [1.29, 1.82) is 0 Å². The topological polar surface area (TPSA) is 58.6 Å². The molecule has 6 heteroatoms. The lowest BCUT2D eigenvalue weighted by atomic mass is 10.0. The predicted molar refractivity (Wildman–Crippen MR) is 96.5 cm³/mol. The summed E-state index contributed by atoms with van der Waals surface area (Å²) in [6.07, 6.45) is -0.311. The summed E-state index contributed by atoms with van der Waals surface area (Å²) in [4.78, 5) is 14.4. The van der Waals surface area contributed by atoms with Crippen molar-refractivity contribution >= 4 is 11.8 Å². The number of carbonyl (C=O) groups excluding carboxylic acids is 1. The molecule has 1 atom stereocenters. The van der Waals surface area contributed by atoms with E-state index in [0.717, 1.165) is 11.3 Å². The number of rotatable bonds is 3. The number of halogens is 1. The van der Waals surface area contributed by atoms with E-state index >= 15 is 0 Å². The van der Waals surface area contributed by atoms with Crippen molar-refractivity contribution in [2.45, 2.75) is 46.3 Å². The molecular formula is C19H29FN3O2+. The average Bonchev–Trinajstić information content (AvgIpc) is 2.48. The molecule has 1 aliphatic heterocycles. The first-order chi connectivity index (χ1) is 11.6. The molecule has 0 radical (unpaired) electrons. The number of hydrogen-bond acceptors (Lipinski definition) is 4. The summed E-state index contributed by atoms with van der Waals surface area (Å²) in [5.74, 6) is -0.231. The minimum absolute atomic E-state index is 0.231. The fraction of sp³-hybridized carbons (Fsp3) is 0.579. The zero-order valence-corrected chi connectivity index (χ0v) is 15.8. The Balaban J connectivity index is 2.00. The summed E-state index contributed by atoms with van der Waals surface area (Å²) < 4.78 is 20.8. The van der Waals surface area contributed by atoms with Crippen molar-refractivity contribution in [3.05, 3.63) is 35.1 Å². The minimum Gasteiger partial charge on any atom is -0.406 e. The van der Waals surface area contributed by atoms with Gasteiger partial charge in [0.1, 0.15) is 11.4 Å². The van der Waals surface area contributed by atoms with Crippen LogP contribution in [-0.4, -0.2) is 53.1 Å². The van der Waals surface area contributed by atoms with Gasteiger partial charge in [-0.2, -0.15) is 4.79 Å². The Kier molecular flexibility index (Phi) is 5.95. The lowest BCUT2D eigenvalue weighted by Crippen LogP contribution is -2.48. The second kappa shape index (κ2) is 7.62. The first kappa shape index (κ1) is 19.5. The van der Waals surface area contributed by atoms with Gasteiger partial charge in [-0.3, -0.25) is 4.90 Å². The monoisotopic (exact) mass is 350 g/mol. The molecule has 2 rings (SSSR count). The van der Waals surface area contributed by atoms with Crippen LogP contribution >= 0.6 is 0 Å². The molecule has 1 aliphatic rings. The lowest BCUT2D eigenvalue weighted by Gasteiger charge is -2.28. The van der Waals surface area contributed by atoms with Gasteiger partial charge in [-0.1, -0.05) is 12.1 Å². The normalized spacial score (nSPS) is 17.6. The van der Waals surface area contributed by atoms with E-state index in [1.54, 1.807) is 17.6 Å². The van der Waals surface area contributed by atoms with E-state index in [0.29, 0.717) is 31.7 Å². The third-order valence-corrected chi connectivity index (χ3v) is 4.25. The number of nitrogens with two attached hydrogens (primary N) is 1. The van der Waals surface area contributed by atoms with Crippen LogP contribution in [0.2, 0.25) is 0 Å². The second-order valence-corrected chi connectivity index (χ2v) is 7.72. The van der Waals surface area contributed by atoms with E-state index in [4.69, 9.17) is 10.5 Å². The van der Waals surface area contributed by atoms with Crippen LogP contribution in [0.3, 0.4) is 0 Å². The molecule has 1 unspecified atom stereocenters. The summed E-state index contributed by atoms with van der Waals surface area (Å²) in [7, 11) is 0. The molecule has 0 fully saturated rings. The highest BCUT2D eigenvalue weighted by Crippen LogP contribution is 2.17. The third kappa shape index (κ3) is 5.34. The van der Waals surface area contributed by atoms with E-state index in [1.165, 1.54) is 6.07 Å². The van der Waals surface area contributed by atoms with E-state index in [1.807, 2.05) is 33.8 Å². The number of benzene rings is 1. The van der Waals surface area contributed by atoms with E-state index in [9.17, 15) is 9.18 Å². The smallest absolute Gasteiger partial charge is 0.406 e. The van der Waals surface area contributed by atoms with Gasteiger partial charge >= 0.3 is 6.09 Å². The highest BCUT2D eigenvalue weighted by atomic mass is 19.1. The fourth-order valence-electron chi connectivity index (χ4n) is 2.86. The van der Waals surface area contributed by atoms with Gasteiger partial charge in [0.15, 0.2) is 12.3 Å². The van der Waals surface area contributed by atoms with Gasteiger partial charge in [0.05, 0.1) is 13.1 Å². The first-order valence-corrected chi connectivity index (χ1v) is 8.64. The third-order valence-electron chi connectivity index (χ3n) is 4.25. The summed E-state index contributed by atoms with van der Waals surface area (Å²) in [5.41, 5.74) is 8.07. The maximum Gasteiger partial charge on any atom is 0.596 e. The summed E-state index contributed by atoms with van der Waals surface area (Å²) in [6, 6.07) is 4.86. The molecule has 2 N–H and O–H groups in total. The maximum atomic E-state index is 13.7. The van der Waals surface area contributed by atoms with Gasteiger partial charge in [-0.25, -0.2) is 4.39 Å². The first-order valence-electron chi connectivity index (χ1n) is 8.64. The maximum absolute atomic E-state index is 13.7. The van der Waals surface area contributed by atoms with Gasteiger partial charge < -0.3 is 10.5 Å². The van der Waals surface area contributed by atoms with Crippen molar-refractivity contribution in [2.24, 2.45) is 5.73 Å². The van der Waals surface area contributed by atoms with Crippen molar-refractivity contribution < 1.29 is 18.5 Å². The molecule has 1 amide bonds. The quantitative estimate of drug-likeness (QED) is 0.852. The minimum atomic E-state index is -0.508. The fourth-order valence-corrected chi connectivity index (χ4v) is 2.86. The van der Waals surface area contributed by atoms with E-state index in [-0.39, 0.29) is 18.0 Å². The largest absolute Gasteiger partial charge is 0.596 e. The van der Waals surface area contributed by atoms with Crippen LogP contribution in [0.5, 0.6) is 0 Å². The Hall–Kier alpha value is -1.79. The Morgan fingerprint density at radius 3 is 2.64 bits per heavy atom. The molecule has 0 saturated carbocycles. The molecule has 1 aromatic carbocycles. The number of nitrogens with zero attached hydrogens (tertiary/aromatic N) is 2. The summed E-state index contributed by atoms with van der Waals surface area (Å²) in [5, 5.41) is 0. The zero-order chi connectivity index (χ0) is 18.8. The molecular weight excluding hydrogens is 321 g/mol. The Morgan fingerprint density at radius 2 is 2.08 bits per heavy atom. The highest BCUT2D eigenvalue weighted by Gasteiger charge is 2.32. The molecule has 1 aromatic rings. The van der Waals surface area contributed by atoms with Crippen LogP contribution in [0, 0.1) is 12.7 Å². The van der Waals surface area contributed by atoms with Crippen LogP contribution in [0.1, 0.15) is 44.9 Å². The Bertz CT molecular complexity index is 680. The molecule has 0 bridgehead atoms. The summed E-state index contributed by atoms with van der Waals surface area (Å²) >= 11 is 0.